The predicted octanol–water partition coefficient (Wildman–Crippen LogP) is 6.99. The van der Waals surface area contributed by atoms with Gasteiger partial charge in [0.15, 0.2) is 0 Å². The molecule has 0 aliphatic heterocycles. The molecule has 128 valence electrons. The van der Waals surface area contributed by atoms with Crippen molar-refractivity contribution >= 4 is 21.5 Å². The van der Waals surface area contributed by atoms with Crippen LogP contribution in [0.1, 0.15) is 52.0 Å². The van der Waals surface area contributed by atoms with Gasteiger partial charge in [0.1, 0.15) is 0 Å². The third-order valence-corrected chi connectivity index (χ3v) is 5.42. The maximum atomic E-state index is 8.80. The molecular weight excluding hydrogens is 302 g/mol. The Labute approximate surface area is 151 Å². The normalized spacial score (nSPS) is 13.0. The van der Waals surface area contributed by atoms with E-state index in [1.54, 1.807) is 0 Å². The number of benzene rings is 3. The Kier molecular flexibility index (Phi) is 5.09. The molecule has 0 bridgehead atoms. The van der Waals surface area contributed by atoms with Crippen LogP contribution in [0.25, 0.3) is 21.5 Å². The molecule has 0 aliphatic rings. The summed E-state index contributed by atoms with van der Waals surface area (Å²) < 4.78 is 0. The quantitative estimate of drug-likeness (QED) is 0.447. The molecule has 0 heterocycles. The van der Waals surface area contributed by atoms with Crippen molar-refractivity contribution in [1.82, 2.24) is 0 Å². The number of hydrogen-bond donors (Lipinski definition) is 0. The van der Waals surface area contributed by atoms with Crippen molar-refractivity contribution in [3.8, 4) is 6.07 Å². The highest BCUT2D eigenvalue weighted by Gasteiger charge is 2.21. The number of nitriles is 1. The van der Waals surface area contributed by atoms with Crippen molar-refractivity contribution in [2.24, 2.45) is 5.92 Å². The zero-order chi connectivity index (χ0) is 17.9. The smallest absolute Gasteiger partial charge is 0.0624 e. The standard InChI is InChI=1S/C24H27N/c1-18(12-14-25)7-6-13-24(2,3)23-11-10-21-15-19-8-4-5-9-20(19)16-22(21)17-23/h4-5,8-11,15-18H,6-7,12-13H2,1-3H3. The van der Waals surface area contributed by atoms with Gasteiger partial charge in [-0.1, -0.05) is 69.7 Å². The van der Waals surface area contributed by atoms with Gasteiger partial charge in [-0.25, -0.2) is 0 Å². The van der Waals surface area contributed by atoms with Crippen molar-refractivity contribution in [3.05, 3.63) is 60.2 Å². The third-order valence-electron chi connectivity index (χ3n) is 5.42. The van der Waals surface area contributed by atoms with Gasteiger partial charge in [-0.3, -0.25) is 0 Å². The van der Waals surface area contributed by atoms with Gasteiger partial charge in [0.2, 0.25) is 0 Å². The van der Waals surface area contributed by atoms with Crippen LogP contribution in [-0.2, 0) is 5.41 Å². The fraction of sp³-hybridized carbons (Fsp3) is 0.375. The molecule has 3 aromatic carbocycles. The molecule has 0 aromatic heterocycles. The average molecular weight is 329 g/mol. The Morgan fingerprint density at radius 3 is 2.24 bits per heavy atom. The summed E-state index contributed by atoms with van der Waals surface area (Å²) in [5.74, 6) is 0.503. The second-order valence-electron chi connectivity index (χ2n) is 8.00. The summed E-state index contributed by atoms with van der Waals surface area (Å²) in [5, 5.41) is 14.0. The Bertz CT molecular complexity index is 914. The molecule has 0 N–H and O–H groups in total. The van der Waals surface area contributed by atoms with Crippen molar-refractivity contribution in [1.29, 1.82) is 5.26 Å². The summed E-state index contributed by atoms with van der Waals surface area (Å²) in [5.41, 5.74) is 1.56. The number of hydrogen-bond acceptors (Lipinski definition) is 1. The zero-order valence-electron chi connectivity index (χ0n) is 15.5. The maximum absolute atomic E-state index is 8.80. The highest BCUT2D eigenvalue weighted by Crippen LogP contribution is 2.33. The molecule has 1 unspecified atom stereocenters. The van der Waals surface area contributed by atoms with E-state index in [9.17, 15) is 0 Å². The molecule has 0 saturated carbocycles. The Hall–Kier alpha value is -2.33. The van der Waals surface area contributed by atoms with Crippen LogP contribution in [0.2, 0.25) is 0 Å². The summed E-state index contributed by atoms with van der Waals surface area (Å²) in [6.07, 6.45) is 4.13. The van der Waals surface area contributed by atoms with Crippen LogP contribution in [0, 0.1) is 17.2 Å². The number of rotatable bonds is 6. The van der Waals surface area contributed by atoms with E-state index in [1.807, 2.05) is 0 Å². The monoisotopic (exact) mass is 329 g/mol. The predicted molar refractivity (Wildman–Crippen MR) is 108 cm³/mol. The second kappa shape index (κ2) is 7.28. The number of nitrogens with zero attached hydrogens (tertiary/aromatic N) is 1. The van der Waals surface area contributed by atoms with E-state index in [-0.39, 0.29) is 5.41 Å². The Balaban J connectivity index is 1.82. The minimum Gasteiger partial charge on any atom is -0.198 e. The van der Waals surface area contributed by atoms with E-state index in [0.29, 0.717) is 12.3 Å². The van der Waals surface area contributed by atoms with E-state index in [4.69, 9.17) is 5.26 Å². The molecule has 3 rings (SSSR count). The third kappa shape index (κ3) is 4.02. The lowest BCUT2D eigenvalue weighted by atomic mass is 9.78. The van der Waals surface area contributed by atoms with E-state index in [2.05, 4.69) is 81.4 Å². The van der Waals surface area contributed by atoms with Crippen LogP contribution >= 0.6 is 0 Å². The molecule has 3 aromatic rings. The van der Waals surface area contributed by atoms with E-state index < -0.39 is 0 Å². The largest absolute Gasteiger partial charge is 0.198 e. The van der Waals surface area contributed by atoms with E-state index in [0.717, 1.165) is 12.8 Å². The summed E-state index contributed by atoms with van der Waals surface area (Å²) in [7, 11) is 0. The first-order valence-electron chi connectivity index (χ1n) is 9.29. The van der Waals surface area contributed by atoms with Gasteiger partial charge in [0.25, 0.3) is 0 Å². The fourth-order valence-electron chi connectivity index (χ4n) is 3.66. The van der Waals surface area contributed by atoms with Crippen LogP contribution in [0.5, 0.6) is 0 Å². The lowest BCUT2D eigenvalue weighted by Crippen LogP contribution is -2.17. The van der Waals surface area contributed by atoms with Gasteiger partial charge in [0, 0.05) is 6.42 Å². The lowest BCUT2D eigenvalue weighted by molar-refractivity contribution is 0.416. The van der Waals surface area contributed by atoms with Gasteiger partial charge in [0.05, 0.1) is 6.07 Å². The van der Waals surface area contributed by atoms with Gasteiger partial charge in [-0.15, -0.1) is 0 Å². The molecule has 1 nitrogen and oxygen atoms in total. The van der Waals surface area contributed by atoms with E-state index in [1.165, 1.54) is 33.5 Å². The second-order valence-corrected chi connectivity index (χ2v) is 8.00. The zero-order valence-corrected chi connectivity index (χ0v) is 15.5. The van der Waals surface area contributed by atoms with Crippen LogP contribution in [0.3, 0.4) is 0 Å². The minimum atomic E-state index is 0.159. The van der Waals surface area contributed by atoms with Gasteiger partial charge >= 0.3 is 0 Å². The molecule has 1 atom stereocenters. The SMILES string of the molecule is CC(CC#N)CCCC(C)(C)c1ccc2cc3ccccc3cc2c1. The molecule has 0 fully saturated rings. The molecule has 0 spiro atoms. The van der Waals surface area contributed by atoms with E-state index >= 15 is 0 Å². The van der Waals surface area contributed by atoms with Crippen molar-refractivity contribution in [2.75, 3.05) is 0 Å². The summed E-state index contributed by atoms with van der Waals surface area (Å²) in [6, 6.07) is 22.3. The van der Waals surface area contributed by atoms with Crippen LogP contribution in [0.15, 0.2) is 54.6 Å². The Morgan fingerprint density at radius 2 is 1.56 bits per heavy atom. The molecule has 0 amide bonds. The van der Waals surface area contributed by atoms with Crippen LogP contribution in [0.4, 0.5) is 0 Å². The van der Waals surface area contributed by atoms with Crippen LogP contribution < -0.4 is 0 Å². The van der Waals surface area contributed by atoms with Crippen molar-refractivity contribution < 1.29 is 0 Å². The van der Waals surface area contributed by atoms with Gasteiger partial charge < -0.3 is 0 Å². The van der Waals surface area contributed by atoms with Crippen molar-refractivity contribution in [2.45, 2.75) is 51.9 Å². The molecule has 1 heteroatoms. The average Bonchev–Trinajstić information content (AvgIpc) is 2.59. The first-order valence-corrected chi connectivity index (χ1v) is 9.29. The molecule has 25 heavy (non-hydrogen) atoms. The topological polar surface area (TPSA) is 23.8 Å². The highest BCUT2D eigenvalue weighted by molar-refractivity contribution is 5.98. The summed E-state index contributed by atoms with van der Waals surface area (Å²) in [6.45, 7) is 6.85. The summed E-state index contributed by atoms with van der Waals surface area (Å²) >= 11 is 0. The fourth-order valence-corrected chi connectivity index (χ4v) is 3.66. The maximum Gasteiger partial charge on any atom is 0.0624 e. The summed E-state index contributed by atoms with van der Waals surface area (Å²) in [4.78, 5) is 0. The lowest BCUT2D eigenvalue weighted by Gasteiger charge is -2.26. The minimum absolute atomic E-state index is 0.159. The Morgan fingerprint density at radius 1 is 0.920 bits per heavy atom. The molecule has 0 radical (unpaired) electrons. The highest BCUT2D eigenvalue weighted by atomic mass is 14.3. The van der Waals surface area contributed by atoms with Gasteiger partial charge in [-0.2, -0.15) is 5.26 Å². The van der Waals surface area contributed by atoms with Gasteiger partial charge in [-0.05, 0) is 63.4 Å². The van der Waals surface area contributed by atoms with Crippen LogP contribution in [-0.4, -0.2) is 0 Å². The van der Waals surface area contributed by atoms with Crippen molar-refractivity contribution in [3.63, 3.8) is 0 Å². The first-order chi connectivity index (χ1) is 12.0. The number of fused-ring (bicyclic) bond motifs is 2. The molecular formula is C24H27N. The molecule has 0 saturated heterocycles. The molecule has 0 aliphatic carbocycles. The first kappa shape index (κ1) is 17.5.